The Bertz CT molecular complexity index is 562. The lowest BCUT2D eigenvalue weighted by atomic mass is 9.79. The molecule has 1 aromatic carbocycles. The third kappa shape index (κ3) is 3.53. The standard InChI is InChI=1S/C15H19ClN2O3/c1-9-6-7-11(8-10(9)2)17-15(19)12-4-3-5-13(14(12)16)18(20)21/h3-5,9-11H,6-8H2,1-2H3,(H,17,19). The van der Waals surface area contributed by atoms with E-state index < -0.39 is 4.92 Å². The zero-order valence-corrected chi connectivity index (χ0v) is 12.9. The molecular formula is C15H19ClN2O3. The number of rotatable bonds is 3. The highest BCUT2D eigenvalue weighted by molar-refractivity contribution is 6.35. The van der Waals surface area contributed by atoms with Crippen LogP contribution in [0.4, 0.5) is 5.69 Å². The van der Waals surface area contributed by atoms with Crippen molar-refractivity contribution in [1.29, 1.82) is 0 Å². The van der Waals surface area contributed by atoms with E-state index in [9.17, 15) is 14.9 Å². The van der Waals surface area contributed by atoms with E-state index >= 15 is 0 Å². The van der Waals surface area contributed by atoms with Crippen LogP contribution < -0.4 is 5.32 Å². The van der Waals surface area contributed by atoms with E-state index in [1.54, 1.807) is 0 Å². The maximum absolute atomic E-state index is 12.3. The SMILES string of the molecule is CC1CCC(NC(=O)c2cccc([N+](=O)[O-])c2Cl)CC1C. The van der Waals surface area contributed by atoms with Gasteiger partial charge in [-0.3, -0.25) is 14.9 Å². The Balaban J connectivity index is 2.11. The van der Waals surface area contributed by atoms with Crippen molar-refractivity contribution in [2.24, 2.45) is 11.8 Å². The fourth-order valence-corrected chi connectivity index (χ4v) is 3.06. The smallest absolute Gasteiger partial charge is 0.288 e. The van der Waals surface area contributed by atoms with Crippen LogP contribution in [-0.4, -0.2) is 16.9 Å². The van der Waals surface area contributed by atoms with E-state index in [1.165, 1.54) is 18.2 Å². The minimum absolute atomic E-state index is 0.0998. The Morgan fingerprint density at radius 1 is 1.33 bits per heavy atom. The number of nitrogens with one attached hydrogen (secondary N) is 1. The molecule has 1 aliphatic rings. The number of hydrogen-bond acceptors (Lipinski definition) is 3. The number of carbonyl (C=O) groups excluding carboxylic acids is 1. The van der Waals surface area contributed by atoms with Gasteiger partial charge in [-0.1, -0.05) is 31.5 Å². The van der Waals surface area contributed by atoms with E-state index in [0.29, 0.717) is 11.8 Å². The average molecular weight is 311 g/mol. The van der Waals surface area contributed by atoms with Crippen molar-refractivity contribution in [2.45, 2.75) is 39.2 Å². The highest BCUT2D eigenvalue weighted by Gasteiger charge is 2.27. The van der Waals surface area contributed by atoms with Crippen molar-refractivity contribution < 1.29 is 9.72 Å². The molecule has 1 amide bonds. The lowest BCUT2D eigenvalue weighted by Crippen LogP contribution is -2.39. The molecule has 1 aliphatic carbocycles. The van der Waals surface area contributed by atoms with E-state index in [0.717, 1.165) is 19.3 Å². The van der Waals surface area contributed by atoms with Crippen LogP contribution in [0.25, 0.3) is 0 Å². The van der Waals surface area contributed by atoms with E-state index in [4.69, 9.17) is 11.6 Å². The van der Waals surface area contributed by atoms with Crippen LogP contribution in [0.15, 0.2) is 18.2 Å². The summed E-state index contributed by atoms with van der Waals surface area (Å²) in [7, 11) is 0. The minimum atomic E-state index is -0.580. The van der Waals surface area contributed by atoms with E-state index in [-0.39, 0.29) is 28.2 Å². The molecule has 21 heavy (non-hydrogen) atoms. The zero-order chi connectivity index (χ0) is 15.6. The Hall–Kier alpha value is -1.62. The van der Waals surface area contributed by atoms with Gasteiger partial charge in [0.25, 0.3) is 11.6 Å². The first-order valence-corrected chi connectivity index (χ1v) is 7.51. The van der Waals surface area contributed by atoms with Gasteiger partial charge in [0, 0.05) is 12.1 Å². The van der Waals surface area contributed by atoms with Crippen LogP contribution in [0.2, 0.25) is 5.02 Å². The van der Waals surface area contributed by atoms with Crippen molar-refractivity contribution in [2.75, 3.05) is 0 Å². The normalized spacial score (nSPS) is 25.4. The largest absolute Gasteiger partial charge is 0.349 e. The molecule has 114 valence electrons. The number of benzene rings is 1. The topological polar surface area (TPSA) is 72.2 Å². The van der Waals surface area contributed by atoms with Crippen molar-refractivity contribution >= 4 is 23.2 Å². The minimum Gasteiger partial charge on any atom is -0.349 e. The maximum Gasteiger partial charge on any atom is 0.288 e. The van der Waals surface area contributed by atoms with Gasteiger partial charge in [-0.05, 0) is 37.2 Å². The van der Waals surface area contributed by atoms with Crippen LogP contribution in [0.3, 0.4) is 0 Å². The molecule has 0 heterocycles. The number of nitro benzene ring substituents is 1. The summed E-state index contributed by atoms with van der Waals surface area (Å²) in [6.45, 7) is 4.41. The number of nitro groups is 1. The van der Waals surface area contributed by atoms with Crippen molar-refractivity contribution in [3.8, 4) is 0 Å². The Labute approximate surface area is 128 Å². The molecule has 0 aliphatic heterocycles. The molecule has 3 unspecified atom stereocenters. The third-order valence-corrected chi connectivity index (χ3v) is 4.75. The van der Waals surface area contributed by atoms with Gasteiger partial charge in [-0.15, -0.1) is 0 Å². The quantitative estimate of drug-likeness (QED) is 0.681. The van der Waals surface area contributed by atoms with Gasteiger partial charge in [-0.2, -0.15) is 0 Å². The molecule has 0 bridgehead atoms. The van der Waals surface area contributed by atoms with Gasteiger partial charge in [0.2, 0.25) is 0 Å². The lowest BCUT2D eigenvalue weighted by molar-refractivity contribution is -0.384. The first-order valence-electron chi connectivity index (χ1n) is 7.14. The van der Waals surface area contributed by atoms with Gasteiger partial charge < -0.3 is 5.32 Å². The molecule has 1 fully saturated rings. The summed E-state index contributed by atoms with van der Waals surface area (Å²) in [6.07, 6.45) is 2.94. The fourth-order valence-electron chi connectivity index (χ4n) is 2.78. The fraction of sp³-hybridized carbons (Fsp3) is 0.533. The summed E-state index contributed by atoms with van der Waals surface area (Å²) in [4.78, 5) is 22.6. The number of nitrogens with zero attached hydrogens (tertiary/aromatic N) is 1. The molecule has 0 aromatic heterocycles. The zero-order valence-electron chi connectivity index (χ0n) is 12.1. The first kappa shape index (κ1) is 15.8. The first-order chi connectivity index (χ1) is 9.90. The van der Waals surface area contributed by atoms with Crippen molar-refractivity contribution in [3.63, 3.8) is 0 Å². The van der Waals surface area contributed by atoms with Crippen LogP contribution >= 0.6 is 11.6 Å². The summed E-state index contributed by atoms with van der Waals surface area (Å²) in [5.74, 6) is 0.889. The third-order valence-electron chi connectivity index (χ3n) is 4.35. The van der Waals surface area contributed by atoms with Crippen LogP contribution in [0, 0.1) is 22.0 Å². The summed E-state index contributed by atoms with van der Waals surface area (Å²) in [6, 6.07) is 4.40. The monoisotopic (exact) mass is 310 g/mol. The van der Waals surface area contributed by atoms with E-state index in [2.05, 4.69) is 19.2 Å². The number of carbonyl (C=O) groups is 1. The molecule has 5 nitrogen and oxygen atoms in total. The summed E-state index contributed by atoms with van der Waals surface area (Å²) < 4.78 is 0. The number of hydrogen-bond donors (Lipinski definition) is 1. The second kappa shape index (κ2) is 6.43. The van der Waals surface area contributed by atoms with Gasteiger partial charge in [-0.25, -0.2) is 0 Å². The van der Waals surface area contributed by atoms with Crippen LogP contribution in [0.5, 0.6) is 0 Å². The Morgan fingerprint density at radius 3 is 2.67 bits per heavy atom. The van der Waals surface area contributed by atoms with Gasteiger partial charge in [0.15, 0.2) is 0 Å². The van der Waals surface area contributed by atoms with Gasteiger partial charge >= 0.3 is 0 Å². The summed E-state index contributed by atoms with van der Waals surface area (Å²) in [5, 5.41) is 13.7. The van der Waals surface area contributed by atoms with E-state index in [1.807, 2.05) is 0 Å². The Kier molecular flexibility index (Phi) is 4.83. The summed E-state index contributed by atoms with van der Waals surface area (Å²) >= 11 is 5.97. The van der Waals surface area contributed by atoms with Crippen molar-refractivity contribution in [3.05, 3.63) is 38.9 Å². The highest BCUT2D eigenvalue weighted by Crippen LogP contribution is 2.31. The van der Waals surface area contributed by atoms with Gasteiger partial charge in [0.05, 0.1) is 10.5 Å². The molecular weight excluding hydrogens is 292 g/mol. The van der Waals surface area contributed by atoms with Crippen molar-refractivity contribution in [1.82, 2.24) is 5.32 Å². The Morgan fingerprint density at radius 2 is 2.05 bits per heavy atom. The molecule has 2 rings (SSSR count). The molecule has 1 saturated carbocycles. The molecule has 0 spiro atoms. The maximum atomic E-state index is 12.3. The number of amides is 1. The molecule has 1 N–H and O–H groups in total. The van der Waals surface area contributed by atoms with Crippen LogP contribution in [-0.2, 0) is 0 Å². The molecule has 0 radical (unpaired) electrons. The molecule has 0 saturated heterocycles. The average Bonchev–Trinajstić information content (AvgIpc) is 2.42. The highest BCUT2D eigenvalue weighted by atomic mass is 35.5. The molecule has 1 aromatic rings. The second-order valence-corrected chi connectivity index (χ2v) is 6.21. The molecule has 3 atom stereocenters. The second-order valence-electron chi connectivity index (χ2n) is 5.83. The lowest BCUT2D eigenvalue weighted by Gasteiger charge is -2.32. The predicted octanol–water partition coefficient (Wildman–Crippen LogP) is 3.80. The predicted molar refractivity (Wildman–Crippen MR) is 81.5 cm³/mol. The number of halogens is 1. The van der Waals surface area contributed by atoms with Gasteiger partial charge in [0.1, 0.15) is 5.02 Å². The van der Waals surface area contributed by atoms with Crippen LogP contribution in [0.1, 0.15) is 43.5 Å². The molecule has 6 heteroatoms. The summed E-state index contributed by atoms with van der Waals surface area (Å²) in [5.41, 5.74) is -0.0768.